The molecule has 12 nitrogen and oxygen atoms in total. The third kappa shape index (κ3) is 2.78. The van der Waals surface area contributed by atoms with Gasteiger partial charge in [0.15, 0.2) is 16.9 Å². The number of morpholine rings is 1. The van der Waals surface area contributed by atoms with Gasteiger partial charge in [0.2, 0.25) is 17.4 Å². The number of hydroxylamine groups is 2. The van der Waals surface area contributed by atoms with Crippen LogP contribution in [0.2, 0.25) is 0 Å². The zero-order valence-electron chi connectivity index (χ0n) is 17.9. The number of barbiturate groups is 1. The Morgan fingerprint density at radius 3 is 2.70 bits per heavy atom. The quantitative estimate of drug-likeness (QED) is 0.470. The lowest BCUT2D eigenvalue weighted by molar-refractivity contribution is -0.151. The fraction of sp³-hybridized carbons (Fsp3) is 0.450. The van der Waals surface area contributed by atoms with Crippen molar-refractivity contribution >= 4 is 40.4 Å². The fourth-order valence-electron chi connectivity index (χ4n) is 5.05. The Labute approximate surface area is 185 Å². The van der Waals surface area contributed by atoms with Crippen LogP contribution in [0, 0.1) is 11.2 Å². The first-order chi connectivity index (χ1) is 15.7. The number of benzene rings is 1. The summed E-state index contributed by atoms with van der Waals surface area (Å²) in [5, 5.41) is 9.02. The largest absolute Gasteiger partial charge is 0.374 e. The Hall–Kier alpha value is -3.58. The third-order valence-corrected chi connectivity index (χ3v) is 6.54. The molecule has 2 saturated heterocycles. The van der Waals surface area contributed by atoms with E-state index in [9.17, 15) is 19.2 Å². The van der Waals surface area contributed by atoms with Crippen LogP contribution in [-0.2, 0) is 25.6 Å². The molecule has 2 atom stereocenters. The summed E-state index contributed by atoms with van der Waals surface area (Å²) in [5.41, 5.74) is -1.74. The molecule has 1 spiro atoms. The average molecular weight is 461 g/mol. The number of aromatic nitrogens is 1. The van der Waals surface area contributed by atoms with Gasteiger partial charge < -0.3 is 14.2 Å². The Morgan fingerprint density at radius 2 is 2.03 bits per heavy atom. The Kier molecular flexibility index (Phi) is 4.65. The van der Waals surface area contributed by atoms with Crippen LogP contribution in [0.4, 0.5) is 14.9 Å². The van der Waals surface area contributed by atoms with Crippen LogP contribution in [0.5, 0.6) is 0 Å². The molecular formula is C20H20FN5O7. The molecule has 0 bridgehead atoms. The summed E-state index contributed by atoms with van der Waals surface area (Å²) in [6, 6.07) is -0.327. The van der Waals surface area contributed by atoms with Crippen LogP contribution in [-0.4, -0.2) is 73.4 Å². The smallest absolute Gasteiger partial charge is 0.328 e. The maximum Gasteiger partial charge on any atom is 0.328 e. The number of nitrogens with zero attached hydrogens (tertiary/aromatic N) is 3. The Bertz CT molecular complexity index is 1210. The molecule has 4 heterocycles. The summed E-state index contributed by atoms with van der Waals surface area (Å²) < 4.78 is 26.7. The summed E-state index contributed by atoms with van der Waals surface area (Å²) in [6.45, 7) is 2.10. The van der Waals surface area contributed by atoms with Crippen LogP contribution in [0.1, 0.15) is 23.0 Å². The minimum Gasteiger partial charge on any atom is -0.374 e. The molecule has 0 unspecified atom stereocenters. The molecule has 1 aromatic heterocycles. The number of anilines is 1. The van der Waals surface area contributed by atoms with E-state index in [-0.39, 0.29) is 41.9 Å². The lowest BCUT2D eigenvalue weighted by Gasteiger charge is -2.54. The molecule has 2 fully saturated rings. The Morgan fingerprint density at radius 1 is 1.33 bits per heavy atom. The molecule has 1 aromatic carbocycles. The van der Waals surface area contributed by atoms with Crippen LogP contribution >= 0.6 is 0 Å². The predicted molar refractivity (Wildman–Crippen MR) is 107 cm³/mol. The highest BCUT2D eigenvalue weighted by molar-refractivity contribution is 6.20. The molecule has 5 amide bonds. The molecule has 2 N–H and O–H groups in total. The van der Waals surface area contributed by atoms with Crippen molar-refractivity contribution in [3.05, 3.63) is 23.1 Å². The second-order valence-electron chi connectivity index (χ2n) is 8.19. The van der Waals surface area contributed by atoms with E-state index in [2.05, 4.69) is 15.8 Å². The van der Waals surface area contributed by atoms with E-state index in [1.165, 1.54) is 20.2 Å². The fourth-order valence-corrected chi connectivity index (χ4v) is 5.05. The van der Waals surface area contributed by atoms with Crippen LogP contribution in [0.3, 0.4) is 0 Å². The molecule has 2 aromatic rings. The number of carbonyl (C=O) groups excluding carboxylic acids is 4. The maximum atomic E-state index is 15.8. The second kappa shape index (κ2) is 7.22. The number of imide groups is 2. The van der Waals surface area contributed by atoms with Crippen molar-refractivity contribution in [3.63, 3.8) is 0 Å². The summed E-state index contributed by atoms with van der Waals surface area (Å²) >= 11 is 0. The van der Waals surface area contributed by atoms with Crippen molar-refractivity contribution in [2.45, 2.75) is 25.5 Å². The molecule has 13 heteroatoms. The first kappa shape index (κ1) is 21.3. The van der Waals surface area contributed by atoms with E-state index in [1.54, 1.807) is 11.8 Å². The van der Waals surface area contributed by atoms with E-state index < -0.39 is 47.1 Å². The van der Waals surface area contributed by atoms with Gasteiger partial charge in [0.25, 0.3) is 5.91 Å². The van der Waals surface area contributed by atoms with Crippen molar-refractivity contribution in [3.8, 4) is 0 Å². The van der Waals surface area contributed by atoms with Crippen molar-refractivity contribution in [2.75, 3.05) is 32.2 Å². The summed E-state index contributed by atoms with van der Waals surface area (Å²) in [5.74, 6) is -3.03. The van der Waals surface area contributed by atoms with E-state index in [0.29, 0.717) is 5.56 Å². The highest BCUT2D eigenvalue weighted by Crippen LogP contribution is 2.48. The van der Waals surface area contributed by atoms with Gasteiger partial charge in [-0.05, 0) is 18.6 Å². The van der Waals surface area contributed by atoms with Gasteiger partial charge in [0.05, 0.1) is 36.9 Å². The summed E-state index contributed by atoms with van der Waals surface area (Å²) in [6.07, 6.45) is -0.859. The van der Waals surface area contributed by atoms with E-state index >= 15 is 4.39 Å². The van der Waals surface area contributed by atoms with Crippen LogP contribution in [0.15, 0.2) is 10.6 Å². The number of nitrogens with one attached hydrogen (secondary N) is 2. The predicted octanol–water partition coefficient (Wildman–Crippen LogP) is 0.103. The van der Waals surface area contributed by atoms with Gasteiger partial charge >= 0.3 is 6.03 Å². The Balaban J connectivity index is 1.74. The molecule has 0 radical (unpaired) electrons. The van der Waals surface area contributed by atoms with Gasteiger partial charge in [-0.1, -0.05) is 5.16 Å². The van der Waals surface area contributed by atoms with Crippen molar-refractivity contribution in [2.24, 2.45) is 5.41 Å². The van der Waals surface area contributed by atoms with Crippen molar-refractivity contribution in [1.82, 2.24) is 20.9 Å². The molecule has 3 aliphatic heterocycles. The second-order valence-corrected chi connectivity index (χ2v) is 8.19. The molecule has 174 valence electrons. The highest BCUT2D eigenvalue weighted by atomic mass is 19.1. The summed E-state index contributed by atoms with van der Waals surface area (Å²) in [4.78, 5) is 57.1. The van der Waals surface area contributed by atoms with Crippen LogP contribution < -0.4 is 15.5 Å². The van der Waals surface area contributed by atoms with E-state index in [0.717, 1.165) is 5.06 Å². The zero-order chi connectivity index (χ0) is 23.7. The lowest BCUT2D eigenvalue weighted by atomic mass is 9.66. The number of ether oxygens (including phenoxy) is 1. The number of fused-ring (bicyclic) bond motifs is 5. The zero-order valence-corrected chi connectivity index (χ0v) is 17.9. The molecule has 33 heavy (non-hydrogen) atoms. The average Bonchev–Trinajstić information content (AvgIpc) is 3.20. The van der Waals surface area contributed by atoms with Gasteiger partial charge in [0, 0.05) is 20.0 Å². The molecule has 3 aliphatic rings. The van der Waals surface area contributed by atoms with Crippen molar-refractivity contribution in [1.29, 1.82) is 0 Å². The van der Waals surface area contributed by atoms with E-state index in [1.807, 2.05) is 0 Å². The number of carbonyl (C=O) groups is 4. The number of rotatable bonds is 2. The first-order valence-corrected chi connectivity index (χ1v) is 10.2. The van der Waals surface area contributed by atoms with Crippen LogP contribution in [0.25, 0.3) is 11.0 Å². The minimum absolute atomic E-state index is 0.0720. The number of urea groups is 1. The number of amides is 5. The number of hydrogen-bond acceptors (Lipinski definition) is 9. The van der Waals surface area contributed by atoms with E-state index in [4.69, 9.17) is 14.1 Å². The monoisotopic (exact) mass is 461 g/mol. The van der Waals surface area contributed by atoms with Gasteiger partial charge in [-0.25, -0.2) is 14.2 Å². The SMILES string of the molecule is CON(C)C(=O)c1noc2c(F)c3c(cc12)CC1(C(=O)NC(=O)NC1=O)[C@H]1[C@H](C)OCCN31. The molecule has 5 rings (SSSR count). The van der Waals surface area contributed by atoms with Gasteiger partial charge in [-0.15, -0.1) is 0 Å². The van der Waals surface area contributed by atoms with Gasteiger partial charge in [-0.3, -0.25) is 29.9 Å². The molecular weight excluding hydrogens is 441 g/mol. The van der Waals surface area contributed by atoms with Gasteiger partial charge in [-0.2, -0.15) is 0 Å². The topological polar surface area (TPSA) is 143 Å². The molecule has 0 saturated carbocycles. The normalized spacial score (nSPS) is 23.8. The van der Waals surface area contributed by atoms with Gasteiger partial charge in [0.1, 0.15) is 0 Å². The highest BCUT2D eigenvalue weighted by Gasteiger charge is 2.62. The first-order valence-electron chi connectivity index (χ1n) is 10.2. The van der Waals surface area contributed by atoms with Crippen molar-refractivity contribution < 1.29 is 37.7 Å². The number of halogens is 1. The summed E-state index contributed by atoms with van der Waals surface area (Å²) in [7, 11) is 2.65. The third-order valence-electron chi connectivity index (χ3n) is 6.54. The maximum absolute atomic E-state index is 15.8. The lowest BCUT2D eigenvalue weighted by Crippen LogP contribution is -2.74. The molecule has 0 aliphatic carbocycles. The number of hydrogen-bond donors (Lipinski definition) is 2. The standard InChI is InChI=1S/C20H20FN5O7/c1-8-15-20(17(28)22-19(30)23-18(20)29)7-9-6-10-12(16(27)25(2)31-3)24-33-14(10)11(21)13(9)26(15)4-5-32-8/h6,8,15H,4-5,7H2,1-3H3,(H2,22,23,28,29,30)/t8-,15+/m0/s1. The minimum atomic E-state index is -1.76.